The van der Waals surface area contributed by atoms with Crippen LogP contribution in [0.25, 0.3) is 0 Å². The third kappa shape index (κ3) is 6.14. The first-order valence-electron chi connectivity index (χ1n) is 7.32. The van der Waals surface area contributed by atoms with Gasteiger partial charge in [0, 0.05) is 38.8 Å². The van der Waals surface area contributed by atoms with E-state index in [1.807, 2.05) is 6.92 Å². The van der Waals surface area contributed by atoms with Crippen molar-refractivity contribution in [1.82, 2.24) is 14.7 Å². The molecule has 1 atom stereocenters. The van der Waals surface area contributed by atoms with E-state index in [1.165, 1.54) is 39.1 Å². The Balaban J connectivity index is 2.18. The van der Waals surface area contributed by atoms with Gasteiger partial charge < -0.3 is 14.9 Å². The monoisotopic (exact) mass is 257 g/mol. The molecule has 4 nitrogen and oxygen atoms in total. The molecule has 1 N–H and O–H groups in total. The van der Waals surface area contributed by atoms with Crippen LogP contribution in [0.3, 0.4) is 0 Å². The fraction of sp³-hybridized carbons (Fsp3) is 1.00. The molecule has 18 heavy (non-hydrogen) atoms. The van der Waals surface area contributed by atoms with Crippen molar-refractivity contribution < 1.29 is 5.11 Å². The number of hydrogen-bond donors (Lipinski definition) is 1. The van der Waals surface area contributed by atoms with Crippen LogP contribution in [0.4, 0.5) is 0 Å². The Morgan fingerprint density at radius 2 is 1.72 bits per heavy atom. The maximum atomic E-state index is 9.49. The Hall–Kier alpha value is -0.160. The molecule has 4 heteroatoms. The third-order valence-corrected chi connectivity index (χ3v) is 3.74. The van der Waals surface area contributed by atoms with Crippen molar-refractivity contribution in [2.75, 3.05) is 52.9 Å². The van der Waals surface area contributed by atoms with Gasteiger partial charge in [0.1, 0.15) is 0 Å². The van der Waals surface area contributed by atoms with Gasteiger partial charge in [0.2, 0.25) is 0 Å². The van der Waals surface area contributed by atoms with Crippen molar-refractivity contribution in [1.29, 1.82) is 0 Å². The second kappa shape index (κ2) is 8.10. The molecule has 1 heterocycles. The van der Waals surface area contributed by atoms with Crippen LogP contribution < -0.4 is 0 Å². The minimum absolute atomic E-state index is 0.226. The van der Waals surface area contributed by atoms with Crippen LogP contribution in [0, 0.1) is 0 Å². The van der Waals surface area contributed by atoms with Gasteiger partial charge in [-0.15, -0.1) is 0 Å². The van der Waals surface area contributed by atoms with E-state index in [2.05, 4.69) is 35.6 Å². The van der Waals surface area contributed by atoms with Gasteiger partial charge in [-0.25, -0.2) is 0 Å². The standard InChI is InChI=1S/C14H31N3O/c1-13(2)17(12-14(3)18)7-5-6-16-10-8-15(4)9-11-16/h13-14,18H,5-12H2,1-4H3. The number of nitrogens with zero attached hydrogens (tertiary/aromatic N) is 3. The zero-order valence-electron chi connectivity index (χ0n) is 12.6. The molecule has 1 aliphatic heterocycles. The van der Waals surface area contributed by atoms with Crippen molar-refractivity contribution in [2.24, 2.45) is 0 Å². The van der Waals surface area contributed by atoms with Crippen molar-refractivity contribution in [3.05, 3.63) is 0 Å². The highest BCUT2D eigenvalue weighted by molar-refractivity contribution is 4.71. The van der Waals surface area contributed by atoms with E-state index in [-0.39, 0.29) is 6.10 Å². The minimum Gasteiger partial charge on any atom is -0.392 e. The average molecular weight is 257 g/mol. The number of hydrogen-bond acceptors (Lipinski definition) is 4. The van der Waals surface area contributed by atoms with Gasteiger partial charge in [-0.05, 0) is 47.3 Å². The van der Waals surface area contributed by atoms with Crippen LogP contribution in [0.5, 0.6) is 0 Å². The largest absolute Gasteiger partial charge is 0.392 e. The van der Waals surface area contributed by atoms with Crippen molar-refractivity contribution >= 4 is 0 Å². The molecule has 0 aromatic heterocycles. The number of piperazine rings is 1. The Kier molecular flexibility index (Phi) is 7.15. The zero-order valence-corrected chi connectivity index (χ0v) is 12.6. The first-order valence-corrected chi connectivity index (χ1v) is 7.32. The first-order chi connectivity index (χ1) is 8.49. The first kappa shape index (κ1) is 15.9. The maximum absolute atomic E-state index is 9.49. The highest BCUT2D eigenvalue weighted by atomic mass is 16.3. The van der Waals surface area contributed by atoms with E-state index in [1.54, 1.807) is 0 Å². The van der Waals surface area contributed by atoms with Crippen LogP contribution in [-0.2, 0) is 0 Å². The normalized spacial score (nSPS) is 20.8. The molecular formula is C14H31N3O. The minimum atomic E-state index is -0.226. The van der Waals surface area contributed by atoms with Gasteiger partial charge in [0.25, 0.3) is 0 Å². The van der Waals surface area contributed by atoms with Gasteiger partial charge in [-0.3, -0.25) is 4.90 Å². The number of rotatable bonds is 7. The fourth-order valence-corrected chi connectivity index (χ4v) is 2.47. The fourth-order valence-electron chi connectivity index (χ4n) is 2.47. The molecule has 1 saturated heterocycles. The SMILES string of the molecule is CC(O)CN(CCCN1CCN(C)CC1)C(C)C. The van der Waals surface area contributed by atoms with Gasteiger partial charge >= 0.3 is 0 Å². The second-order valence-electron chi connectivity index (χ2n) is 5.94. The van der Waals surface area contributed by atoms with E-state index in [9.17, 15) is 5.11 Å². The van der Waals surface area contributed by atoms with Crippen molar-refractivity contribution in [3.63, 3.8) is 0 Å². The third-order valence-electron chi connectivity index (χ3n) is 3.74. The molecular weight excluding hydrogens is 226 g/mol. The molecule has 1 rings (SSSR count). The summed E-state index contributed by atoms with van der Waals surface area (Å²) in [7, 11) is 2.19. The second-order valence-corrected chi connectivity index (χ2v) is 5.94. The van der Waals surface area contributed by atoms with Gasteiger partial charge in [-0.2, -0.15) is 0 Å². The van der Waals surface area contributed by atoms with Crippen LogP contribution >= 0.6 is 0 Å². The summed E-state index contributed by atoms with van der Waals surface area (Å²) in [4.78, 5) is 7.33. The summed E-state index contributed by atoms with van der Waals surface area (Å²) >= 11 is 0. The topological polar surface area (TPSA) is 30.0 Å². The molecule has 0 aromatic rings. The maximum Gasteiger partial charge on any atom is 0.0639 e. The summed E-state index contributed by atoms with van der Waals surface area (Å²) in [6.07, 6.45) is 0.977. The molecule has 1 unspecified atom stereocenters. The summed E-state index contributed by atoms with van der Waals surface area (Å²) in [5.41, 5.74) is 0. The highest BCUT2D eigenvalue weighted by Crippen LogP contribution is 2.04. The number of aliphatic hydroxyl groups is 1. The quantitative estimate of drug-likeness (QED) is 0.728. The molecule has 0 bridgehead atoms. The molecule has 1 aliphatic rings. The molecule has 108 valence electrons. The average Bonchev–Trinajstić information content (AvgIpc) is 2.29. The van der Waals surface area contributed by atoms with E-state index in [0.29, 0.717) is 6.04 Å². The van der Waals surface area contributed by atoms with E-state index in [4.69, 9.17) is 0 Å². The lowest BCUT2D eigenvalue weighted by molar-refractivity contribution is 0.0986. The number of likely N-dealkylation sites (N-methyl/N-ethyl adjacent to an activating group) is 1. The van der Waals surface area contributed by atoms with E-state index >= 15 is 0 Å². The summed E-state index contributed by atoms with van der Waals surface area (Å²) in [5.74, 6) is 0. The Bertz CT molecular complexity index is 213. The van der Waals surface area contributed by atoms with Crippen molar-refractivity contribution in [3.8, 4) is 0 Å². The predicted molar refractivity (Wildman–Crippen MR) is 76.9 cm³/mol. The van der Waals surface area contributed by atoms with Gasteiger partial charge in [0.15, 0.2) is 0 Å². The lowest BCUT2D eigenvalue weighted by Gasteiger charge is -2.33. The van der Waals surface area contributed by atoms with Crippen molar-refractivity contribution in [2.45, 2.75) is 39.3 Å². The Labute approximate surface area is 113 Å². The Morgan fingerprint density at radius 1 is 1.11 bits per heavy atom. The summed E-state index contributed by atoms with van der Waals surface area (Å²) in [5, 5.41) is 9.49. The van der Waals surface area contributed by atoms with Crippen LogP contribution in [0.15, 0.2) is 0 Å². The molecule has 0 saturated carbocycles. The molecule has 0 aliphatic carbocycles. The van der Waals surface area contributed by atoms with Crippen LogP contribution in [-0.4, -0.2) is 84.8 Å². The molecule has 0 spiro atoms. The molecule has 0 aromatic carbocycles. The summed E-state index contributed by atoms with van der Waals surface area (Å²) in [6.45, 7) is 14.2. The Morgan fingerprint density at radius 3 is 2.22 bits per heavy atom. The molecule has 1 fully saturated rings. The summed E-state index contributed by atoms with van der Waals surface area (Å²) in [6, 6.07) is 0.520. The summed E-state index contributed by atoms with van der Waals surface area (Å²) < 4.78 is 0. The number of aliphatic hydroxyl groups excluding tert-OH is 1. The predicted octanol–water partition coefficient (Wildman–Crippen LogP) is 0.715. The lowest BCUT2D eigenvalue weighted by atomic mass is 10.2. The zero-order chi connectivity index (χ0) is 13.5. The molecule has 0 radical (unpaired) electrons. The van der Waals surface area contributed by atoms with Gasteiger partial charge in [-0.1, -0.05) is 0 Å². The van der Waals surface area contributed by atoms with Crippen LogP contribution in [0.2, 0.25) is 0 Å². The van der Waals surface area contributed by atoms with Gasteiger partial charge in [0.05, 0.1) is 6.10 Å². The molecule has 0 amide bonds. The van der Waals surface area contributed by atoms with E-state index < -0.39 is 0 Å². The lowest BCUT2D eigenvalue weighted by Crippen LogP contribution is -2.45. The smallest absolute Gasteiger partial charge is 0.0639 e. The highest BCUT2D eigenvalue weighted by Gasteiger charge is 2.15. The van der Waals surface area contributed by atoms with E-state index in [0.717, 1.165) is 13.1 Å². The van der Waals surface area contributed by atoms with Crippen LogP contribution in [0.1, 0.15) is 27.2 Å².